The summed E-state index contributed by atoms with van der Waals surface area (Å²) in [5.74, 6) is 0.143. The highest BCUT2D eigenvalue weighted by Crippen LogP contribution is 2.29. The monoisotopic (exact) mass is 280 g/mol. The lowest BCUT2D eigenvalue weighted by atomic mass is 10.2. The van der Waals surface area contributed by atoms with Crippen molar-refractivity contribution in [3.05, 3.63) is 50.0 Å². The Morgan fingerprint density at radius 3 is 2.89 bits per heavy atom. The molecule has 0 aliphatic rings. The molecule has 7 heteroatoms. The number of hydrogen-bond donors (Lipinski definition) is 1. The van der Waals surface area contributed by atoms with Crippen molar-refractivity contribution in [2.24, 2.45) is 0 Å². The van der Waals surface area contributed by atoms with Crippen LogP contribution in [0.25, 0.3) is 0 Å². The molecule has 1 aromatic carbocycles. The van der Waals surface area contributed by atoms with Gasteiger partial charge in [-0.15, -0.1) is 11.3 Å². The average Bonchev–Trinajstić information content (AvgIpc) is 2.81. The molecule has 1 aromatic heterocycles. The number of hydrogen-bond acceptors (Lipinski definition) is 6. The second kappa shape index (κ2) is 5.77. The summed E-state index contributed by atoms with van der Waals surface area (Å²) in [4.78, 5) is 14.6. The van der Waals surface area contributed by atoms with Gasteiger partial charge in [-0.1, -0.05) is 0 Å². The van der Waals surface area contributed by atoms with Crippen LogP contribution in [0.2, 0.25) is 0 Å². The van der Waals surface area contributed by atoms with E-state index in [0.717, 1.165) is 10.7 Å². The molecule has 0 bridgehead atoms. The van der Waals surface area contributed by atoms with Gasteiger partial charge in [-0.2, -0.15) is 0 Å². The minimum absolute atomic E-state index is 0.120. The molecule has 2 aromatic rings. The fourth-order valence-corrected chi connectivity index (χ4v) is 2.21. The summed E-state index contributed by atoms with van der Waals surface area (Å²) in [6.45, 7) is 1.85. The van der Waals surface area contributed by atoms with Crippen molar-refractivity contribution < 1.29 is 14.8 Å². The van der Waals surface area contributed by atoms with Crippen LogP contribution in [0.5, 0.6) is 5.75 Å². The topological polar surface area (TPSA) is 85.5 Å². The Labute approximate surface area is 113 Å². The molecule has 100 valence electrons. The summed E-state index contributed by atoms with van der Waals surface area (Å²) >= 11 is 1.44. The van der Waals surface area contributed by atoms with Gasteiger partial charge in [-0.05, 0) is 24.6 Å². The standard InChI is InChI=1S/C12H12N2O4S/c1-8-7-19-12(13-8)6-18-11-4-9(5-15)2-3-10(11)14(16)17/h2-4,7,15H,5-6H2,1H3. The lowest BCUT2D eigenvalue weighted by Gasteiger charge is -2.06. The predicted molar refractivity (Wildman–Crippen MR) is 70.2 cm³/mol. The van der Waals surface area contributed by atoms with E-state index < -0.39 is 4.92 Å². The van der Waals surface area contributed by atoms with Crippen LogP contribution in [0, 0.1) is 17.0 Å². The van der Waals surface area contributed by atoms with Crippen LogP contribution in [-0.4, -0.2) is 15.0 Å². The molecule has 0 spiro atoms. The van der Waals surface area contributed by atoms with Gasteiger partial charge in [0.15, 0.2) is 5.75 Å². The van der Waals surface area contributed by atoms with E-state index in [0.29, 0.717) is 5.56 Å². The number of nitrogens with zero attached hydrogens (tertiary/aromatic N) is 2. The number of aliphatic hydroxyl groups excluding tert-OH is 1. The molecule has 19 heavy (non-hydrogen) atoms. The second-order valence-corrected chi connectivity index (χ2v) is 4.83. The maximum atomic E-state index is 10.9. The van der Waals surface area contributed by atoms with Gasteiger partial charge in [0.05, 0.1) is 11.5 Å². The van der Waals surface area contributed by atoms with Crippen molar-refractivity contribution in [3.63, 3.8) is 0 Å². The van der Waals surface area contributed by atoms with E-state index in [1.165, 1.54) is 29.5 Å². The number of nitro benzene ring substituents is 1. The Morgan fingerprint density at radius 1 is 1.53 bits per heavy atom. The normalized spacial score (nSPS) is 10.4. The molecule has 0 saturated heterocycles. The molecule has 1 heterocycles. The largest absolute Gasteiger partial charge is 0.479 e. The summed E-state index contributed by atoms with van der Waals surface area (Å²) in [5, 5.41) is 22.6. The van der Waals surface area contributed by atoms with Crippen LogP contribution in [0.3, 0.4) is 0 Å². The summed E-state index contributed by atoms with van der Waals surface area (Å²) in [7, 11) is 0. The van der Waals surface area contributed by atoms with E-state index >= 15 is 0 Å². The van der Waals surface area contributed by atoms with Crippen molar-refractivity contribution in [1.82, 2.24) is 4.98 Å². The zero-order valence-electron chi connectivity index (χ0n) is 10.2. The van der Waals surface area contributed by atoms with Gasteiger partial charge in [-0.3, -0.25) is 10.1 Å². The molecule has 0 aliphatic heterocycles. The van der Waals surface area contributed by atoms with E-state index in [4.69, 9.17) is 9.84 Å². The number of aryl methyl sites for hydroxylation is 1. The van der Waals surface area contributed by atoms with Gasteiger partial charge in [0.1, 0.15) is 11.6 Å². The summed E-state index contributed by atoms with van der Waals surface area (Å²) in [6, 6.07) is 4.30. The van der Waals surface area contributed by atoms with E-state index in [1.807, 2.05) is 12.3 Å². The number of ether oxygens (including phenoxy) is 1. The molecule has 6 nitrogen and oxygen atoms in total. The van der Waals surface area contributed by atoms with Crippen LogP contribution in [0.15, 0.2) is 23.6 Å². The minimum atomic E-state index is -0.510. The number of rotatable bonds is 5. The lowest BCUT2D eigenvalue weighted by Crippen LogP contribution is -2.00. The number of thiazole rings is 1. The van der Waals surface area contributed by atoms with Crippen molar-refractivity contribution in [2.75, 3.05) is 0 Å². The van der Waals surface area contributed by atoms with Crippen molar-refractivity contribution >= 4 is 17.0 Å². The SMILES string of the molecule is Cc1csc(COc2cc(CO)ccc2[N+](=O)[O-])n1. The molecule has 0 unspecified atom stereocenters. The zero-order valence-corrected chi connectivity index (χ0v) is 11.0. The van der Waals surface area contributed by atoms with Gasteiger partial charge in [0, 0.05) is 17.1 Å². The Kier molecular flexibility index (Phi) is 4.08. The first-order valence-corrected chi connectivity index (χ1v) is 6.40. The molecular weight excluding hydrogens is 268 g/mol. The zero-order chi connectivity index (χ0) is 13.8. The fourth-order valence-electron chi connectivity index (χ4n) is 1.53. The number of aromatic nitrogens is 1. The Balaban J connectivity index is 2.19. The molecule has 0 atom stereocenters. The van der Waals surface area contributed by atoms with Crippen LogP contribution < -0.4 is 4.74 Å². The summed E-state index contributed by atoms with van der Waals surface area (Å²) in [5.41, 5.74) is 1.34. The van der Waals surface area contributed by atoms with Crippen LogP contribution >= 0.6 is 11.3 Å². The van der Waals surface area contributed by atoms with Gasteiger partial charge < -0.3 is 9.84 Å². The highest BCUT2D eigenvalue weighted by Gasteiger charge is 2.16. The Bertz CT molecular complexity index is 597. The van der Waals surface area contributed by atoms with Gasteiger partial charge >= 0.3 is 5.69 Å². The highest BCUT2D eigenvalue weighted by molar-refractivity contribution is 7.09. The van der Waals surface area contributed by atoms with E-state index in [1.54, 1.807) is 0 Å². The third-order valence-corrected chi connectivity index (χ3v) is 3.36. The summed E-state index contributed by atoms with van der Waals surface area (Å²) < 4.78 is 5.44. The van der Waals surface area contributed by atoms with Gasteiger partial charge in [-0.25, -0.2) is 4.98 Å². The molecule has 0 radical (unpaired) electrons. The van der Waals surface area contributed by atoms with E-state index in [9.17, 15) is 10.1 Å². The fraction of sp³-hybridized carbons (Fsp3) is 0.250. The average molecular weight is 280 g/mol. The molecular formula is C12H12N2O4S. The molecule has 1 N–H and O–H groups in total. The van der Waals surface area contributed by atoms with Crippen LogP contribution in [0.1, 0.15) is 16.3 Å². The second-order valence-electron chi connectivity index (χ2n) is 3.89. The maximum Gasteiger partial charge on any atom is 0.310 e. The first-order chi connectivity index (χ1) is 9.10. The minimum Gasteiger partial charge on any atom is -0.479 e. The molecule has 2 rings (SSSR count). The molecule has 0 amide bonds. The molecule has 0 saturated carbocycles. The van der Waals surface area contributed by atoms with Crippen molar-refractivity contribution in [3.8, 4) is 5.75 Å². The lowest BCUT2D eigenvalue weighted by molar-refractivity contribution is -0.386. The van der Waals surface area contributed by atoms with E-state index in [-0.39, 0.29) is 24.7 Å². The quantitative estimate of drug-likeness (QED) is 0.671. The Hall–Kier alpha value is -1.99. The number of benzene rings is 1. The smallest absolute Gasteiger partial charge is 0.310 e. The first-order valence-electron chi connectivity index (χ1n) is 5.52. The van der Waals surface area contributed by atoms with Crippen molar-refractivity contribution in [2.45, 2.75) is 20.1 Å². The van der Waals surface area contributed by atoms with Crippen molar-refractivity contribution in [1.29, 1.82) is 0 Å². The van der Waals surface area contributed by atoms with E-state index in [2.05, 4.69) is 4.98 Å². The number of nitro groups is 1. The van der Waals surface area contributed by atoms with Gasteiger partial charge in [0.25, 0.3) is 0 Å². The predicted octanol–water partition coefficient (Wildman–Crippen LogP) is 2.43. The molecule has 0 aliphatic carbocycles. The third kappa shape index (κ3) is 3.27. The number of aliphatic hydroxyl groups is 1. The third-order valence-electron chi connectivity index (χ3n) is 2.42. The highest BCUT2D eigenvalue weighted by atomic mass is 32.1. The molecule has 0 fully saturated rings. The van der Waals surface area contributed by atoms with Crippen LogP contribution in [-0.2, 0) is 13.2 Å². The Morgan fingerprint density at radius 2 is 2.32 bits per heavy atom. The first kappa shape index (κ1) is 13.4. The van der Waals surface area contributed by atoms with Gasteiger partial charge in [0.2, 0.25) is 0 Å². The maximum absolute atomic E-state index is 10.9. The van der Waals surface area contributed by atoms with Crippen LogP contribution in [0.4, 0.5) is 5.69 Å². The summed E-state index contributed by atoms with van der Waals surface area (Å²) in [6.07, 6.45) is 0.